The van der Waals surface area contributed by atoms with E-state index in [9.17, 15) is 19.4 Å². The number of quaternary nitrogens is 1. The van der Waals surface area contributed by atoms with Crippen LogP contribution < -0.4 is 10.2 Å². The van der Waals surface area contributed by atoms with Crippen molar-refractivity contribution in [2.75, 3.05) is 40.9 Å². The Kier molecular flexibility index (Phi) is 50.6. The van der Waals surface area contributed by atoms with Gasteiger partial charge in [-0.2, -0.15) is 0 Å². The van der Waals surface area contributed by atoms with E-state index in [4.69, 9.17) is 9.05 Å². The Labute approximate surface area is 424 Å². The largest absolute Gasteiger partial charge is 0.756 e. The fourth-order valence-electron chi connectivity index (χ4n) is 9.27. The summed E-state index contributed by atoms with van der Waals surface area (Å²) in [6, 6.07) is -0.882. The minimum atomic E-state index is -4.59. The molecule has 0 heterocycles. The second-order valence-corrected chi connectivity index (χ2v) is 23.5. The van der Waals surface area contributed by atoms with Gasteiger partial charge in [0.05, 0.1) is 39.9 Å². The van der Waals surface area contributed by atoms with Gasteiger partial charge in [-0.25, -0.2) is 0 Å². The summed E-state index contributed by atoms with van der Waals surface area (Å²) in [5, 5.41) is 13.9. The first-order valence-electron chi connectivity index (χ1n) is 30.1. The van der Waals surface area contributed by atoms with Gasteiger partial charge in [0.25, 0.3) is 7.82 Å². The van der Waals surface area contributed by atoms with Gasteiger partial charge in [0.1, 0.15) is 13.2 Å². The number of phosphoric ester groups is 1. The molecule has 2 N–H and O–H groups in total. The summed E-state index contributed by atoms with van der Waals surface area (Å²) in [7, 11) is 1.28. The molecule has 0 aliphatic rings. The number of carbonyl (C=O) groups excluding carboxylic acids is 1. The van der Waals surface area contributed by atoms with Crippen molar-refractivity contribution >= 4 is 13.7 Å². The van der Waals surface area contributed by atoms with Gasteiger partial charge in [0.2, 0.25) is 5.91 Å². The van der Waals surface area contributed by atoms with Gasteiger partial charge in [-0.1, -0.05) is 296 Å². The molecule has 0 aliphatic heterocycles. The molecule has 0 aromatic carbocycles. The van der Waals surface area contributed by atoms with Gasteiger partial charge in [-0.15, -0.1) is 0 Å². The zero-order valence-corrected chi connectivity index (χ0v) is 47.2. The van der Waals surface area contributed by atoms with E-state index in [0.717, 1.165) is 38.5 Å². The Morgan fingerprint density at radius 3 is 1.10 bits per heavy atom. The average molecular weight is 984 g/mol. The molecule has 0 spiro atoms. The molecule has 3 atom stereocenters. The number of unbranched alkanes of at least 4 members (excludes halogenated alkanes) is 43. The van der Waals surface area contributed by atoms with Crippen LogP contribution in [0.5, 0.6) is 0 Å². The van der Waals surface area contributed by atoms with Crippen LogP contribution in [-0.2, 0) is 18.4 Å². The molecule has 0 saturated heterocycles. The van der Waals surface area contributed by atoms with Crippen LogP contribution in [0.25, 0.3) is 0 Å². The number of carbonyl (C=O) groups is 1. The highest BCUT2D eigenvalue weighted by Gasteiger charge is 2.23. The molecule has 1 amide bonds. The van der Waals surface area contributed by atoms with Crippen molar-refractivity contribution in [2.24, 2.45) is 0 Å². The summed E-state index contributed by atoms with van der Waals surface area (Å²) >= 11 is 0. The molecule has 0 bridgehead atoms. The lowest BCUT2D eigenvalue weighted by atomic mass is 10.0. The molecule has 9 heteroatoms. The number of allylic oxidation sites excluding steroid dienone is 1. The quantitative estimate of drug-likeness (QED) is 0.0272. The highest BCUT2D eigenvalue weighted by atomic mass is 31.2. The molecule has 406 valence electrons. The van der Waals surface area contributed by atoms with Crippen LogP contribution in [0.1, 0.15) is 309 Å². The summed E-state index contributed by atoms with van der Waals surface area (Å²) < 4.78 is 23.3. The first-order chi connectivity index (χ1) is 33.0. The number of nitrogens with one attached hydrogen (secondary N) is 1. The molecule has 0 aromatic heterocycles. The fraction of sp³-hybridized carbons (Fsp3) is 0.949. The molecule has 68 heavy (non-hydrogen) atoms. The zero-order valence-electron chi connectivity index (χ0n) is 46.3. The molecule has 1 unspecified atom stereocenters. The number of rotatable bonds is 56. The van der Waals surface area contributed by atoms with Gasteiger partial charge in [0, 0.05) is 6.42 Å². The van der Waals surface area contributed by atoms with Gasteiger partial charge in [0.15, 0.2) is 0 Å². The molecular weight excluding hydrogens is 864 g/mol. The summed E-state index contributed by atoms with van der Waals surface area (Å²) in [5.74, 6) is -0.190. The third-order valence-electron chi connectivity index (χ3n) is 14.0. The van der Waals surface area contributed by atoms with E-state index >= 15 is 0 Å². The van der Waals surface area contributed by atoms with Crippen molar-refractivity contribution in [1.29, 1.82) is 0 Å². The van der Waals surface area contributed by atoms with Crippen molar-refractivity contribution in [3.05, 3.63) is 12.2 Å². The Hall–Kier alpha value is -0.760. The normalized spacial score (nSPS) is 13.9. The van der Waals surface area contributed by atoms with E-state index in [2.05, 4.69) is 19.2 Å². The zero-order chi connectivity index (χ0) is 49.9. The first kappa shape index (κ1) is 67.2. The van der Waals surface area contributed by atoms with Crippen molar-refractivity contribution in [2.45, 2.75) is 321 Å². The standard InChI is InChI=1S/C59H119N2O6P/c1-6-8-10-12-14-16-18-20-22-24-25-26-27-28-29-30-31-32-33-34-35-36-37-39-41-43-45-47-49-51-53-59(63)60-57(56-67-68(64,65)66-55-54-61(3,4)5)58(62)52-50-48-46-44-42-40-38-23-21-19-17-15-13-11-9-7-2/h50,52,57-58,62H,6-49,51,53-56H2,1-5H3,(H-,60,63,64,65)/b52-50+/t57-,58+/m0/s1. The topological polar surface area (TPSA) is 108 Å². The summed E-state index contributed by atoms with van der Waals surface area (Å²) in [5.41, 5.74) is 0. The summed E-state index contributed by atoms with van der Waals surface area (Å²) in [6.45, 7) is 4.70. The number of hydrogen-bond donors (Lipinski definition) is 2. The molecule has 0 rings (SSSR count). The van der Waals surface area contributed by atoms with E-state index in [1.807, 2.05) is 27.2 Å². The minimum absolute atomic E-state index is 0.00262. The molecular formula is C59H119N2O6P. The van der Waals surface area contributed by atoms with Crippen LogP contribution in [0.3, 0.4) is 0 Å². The molecule has 0 fully saturated rings. The van der Waals surface area contributed by atoms with E-state index in [-0.39, 0.29) is 19.1 Å². The van der Waals surface area contributed by atoms with E-state index in [0.29, 0.717) is 17.4 Å². The Balaban J connectivity index is 4.04. The summed E-state index contributed by atoms with van der Waals surface area (Å²) in [6.07, 6.45) is 63.0. The highest BCUT2D eigenvalue weighted by molar-refractivity contribution is 7.45. The lowest BCUT2D eigenvalue weighted by Gasteiger charge is -2.29. The van der Waals surface area contributed by atoms with Gasteiger partial charge >= 0.3 is 0 Å². The van der Waals surface area contributed by atoms with Crippen molar-refractivity contribution in [3.63, 3.8) is 0 Å². The van der Waals surface area contributed by atoms with Gasteiger partial charge in [-0.3, -0.25) is 9.36 Å². The van der Waals surface area contributed by atoms with Crippen LogP contribution in [0.15, 0.2) is 12.2 Å². The summed E-state index contributed by atoms with van der Waals surface area (Å²) in [4.78, 5) is 25.5. The second kappa shape index (κ2) is 51.2. The predicted molar refractivity (Wildman–Crippen MR) is 293 cm³/mol. The number of aliphatic hydroxyl groups is 1. The van der Waals surface area contributed by atoms with Crippen molar-refractivity contribution < 1.29 is 32.9 Å². The van der Waals surface area contributed by atoms with Crippen molar-refractivity contribution in [3.8, 4) is 0 Å². The van der Waals surface area contributed by atoms with Crippen LogP contribution in [0, 0.1) is 0 Å². The van der Waals surface area contributed by atoms with Crippen molar-refractivity contribution in [1.82, 2.24) is 5.32 Å². The Bertz CT molecular complexity index is 1120. The van der Waals surface area contributed by atoms with Crippen LogP contribution in [0.4, 0.5) is 0 Å². The van der Waals surface area contributed by atoms with Gasteiger partial charge < -0.3 is 28.8 Å². The first-order valence-corrected chi connectivity index (χ1v) is 31.5. The lowest BCUT2D eigenvalue weighted by molar-refractivity contribution is -0.870. The maximum absolute atomic E-state index is 13.0. The number of phosphoric acid groups is 1. The SMILES string of the molecule is CCCCCCCCCCCCCCCC/C=C/[C@@H](O)[C@H](COP(=O)([O-])OCC[N+](C)(C)C)NC(=O)CCCCCCCCCCCCCCCCCCCCCCCCCCCCCCCC. The maximum atomic E-state index is 13.0. The van der Waals surface area contributed by atoms with E-state index in [1.165, 1.54) is 250 Å². The highest BCUT2D eigenvalue weighted by Crippen LogP contribution is 2.38. The maximum Gasteiger partial charge on any atom is 0.268 e. The number of amides is 1. The third kappa shape index (κ3) is 53.0. The van der Waals surface area contributed by atoms with Crippen LogP contribution in [0.2, 0.25) is 0 Å². The number of nitrogens with zero attached hydrogens (tertiary/aromatic N) is 1. The second-order valence-electron chi connectivity index (χ2n) is 22.1. The smallest absolute Gasteiger partial charge is 0.268 e. The number of aliphatic hydroxyl groups excluding tert-OH is 1. The Morgan fingerprint density at radius 2 is 0.794 bits per heavy atom. The number of hydrogen-bond acceptors (Lipinski definition) is 6. The van der Waals surface area contributed by atoms with Gasteiger partial charge in [-0.05, 0) is 19.3 Å². The minimum Gasteiger partial charge on any atom is -0.756 e. The molecule has 0 saturated carbocycles. The molecule has 0 aromatic rings. The Morgan fingerprint density at radius 1 is 0.500 bits per heavy atom. The van der Waals surface area contributed by atoms with E-state index < -0.39 is 20.0 Å². The molecule has 0 radical (unpaired) electrons. The third-order valence-corrected chi connectivity index (χ3v) is 15.0. The fourth-order valence-corrected chi connectivity index (χ4v) is 10.00. The van der Waals surface area contributed by atoms with Crippen LogP contribution in [-0.4, -0.2) is 68.5 Å². The molecule has 0 aliphatic carbocycles. The van der Waals surface area contributed by atoms with E-state index in [1.54, 1.807) is 6.08 Å². The predicted octanol–water partition coefficient (Wildman–Crippen LogP) is 17.6. The van der Waals surface area contributed by atoms with Crippen LogP contribution >= 0.6 is 7.82 Å². The monoisotopic (exact) mass is 983 g/mol. The lowest BCUT2D eigenvalue weighted by Crippen LogP contribution is -2.45. The average Bonchev–Trinajstić information content (AvgIpc) is 3.30. The number of likely N-dealkylation sites (N-methyl/N-ethyl adjacent to an activating group) is 1. The molecule has 8 nitrogen and oxygen atoms in total.